The highest BCUT2D eigenvalue weighted by Crippen LogP contribution is 2.22. The zero-order valence-corrected chi connectivity index (χ0v) is 11.7. The molecule has 0 saturated heterocycles. The number of aryl methyl sites for hydroxylation is 1. The molecule has 7 heteroatoms. The van der Waals surface area contributed by atoms with Crippen LogP contribution in [0.15, 0.2) is 6.20 Å². The molecule has 0 saturated carbocycles. The maximum Gasteiger partial charge on any atom is 0.154 e. The molecule has 1 heterocycles. The predicted octanol–water partition coefficient (Wildman–Crippen LogP) is -0.231. The van der Waals surface area contributed by atoms with Crippen LogP contribution in [0.3, 0.4) is 0 Å². The van der Waals surface area contributed by atoms with E-state index in [1.165, 1.54) is 6.26 Å². The molecule has 0 aliphatic carbocycles. The third-order valence-electron chi connectivity index (χ3n) is 3.21. The first-order chi connectivity index (χ1) is 7.68. The molecule has 0 aliphatic rings. The summed E-state index contributed by atoms with van der Waals surface area (Å²) in [5, 5.41) is 10.9. The van der Waals surface area contributed by atoms with Crippen LogP contribution in [0.2, 0.25) is 0 Å². The van der Waals surface area contributed by atoms with Gasteiger partial charge in [0.2, 0.25) is 0 Å². The molecule has 0 fully saturated rings. The molecule has 17 heavy (non-hydrogen) atoms. The molecule has 1 N–H and O–H groups in total. The molecule has 0 aliphatic heterocycles. The third kappa shape index (κ3) is 3.04. The number of hydrogen-bond acceptors (Lipinski definition) is 5. The van der Waals surface area contributed by atoms with E-state index in [0.717, 1.165) is 5.69 Å². The van der Waals surface area contributed by atoms with Gasteiger partial charge in [0, 0.05) is 32.0 Å². The van der Waals surface area contributed by atoms with Gasteiger partial charge in [0.15, 0.2) is 9.84 Å². The number of aromatic nitrogens is 3. The summed E-state index contributed by atoms with van der Waals surface area (Å²) in [5.74, 6) is 0. The smallest absolute Gasteiger partial charge is 0.154 e. The van der Waals surface area contributed by atoms with Gasteiger partial charge in [-0.05, 0) is 20.9 Å². The number of hydrogen-bond donors (Lipinski definition) is 1. The summed E-state index contributed by atoms with van der Waals surface area (Å²) in [4.78, 5) is 0. The van der Waals surface area contributed by atoms with E-state index in [1.807, 2.05) is 0 Å². The molecule has 0 bridgehead atoms. The molecule has 0 spiro atoms. The van der Waals surface area contributed by atoms with Crippen molar-refractivity contribution in [3.63, 3.8) is 0 Å². The Labute approximate surface area is 102 Å². The van der Waals surface area contributed by atoms with E-state index in [-0.39, 0.29) is 6.04 Å². The van der Waals surface area contributed by atoms with Gasteiger partial charge in [-0.25, -0.2) is 8.42 Å². The van der Waals surface area contributed by atoms with E-state index in [4.69, 9.17) is 0 Å². The standard InChI is InChI=1S/C10H20N4O2S/c1-10(2,17(5,15)16)9(11-3)6-8-7-14(4)13-12-8/h7,9,11H,6H2,1-5H3. The van der Waals surface area contributed by atoms with E-state index in [2.05, 4.69) is 15.6 Å². The Hall–Kier alpha value is -0.950. The second-order valence-electron chi connectivity index (χ2n) is 4.80. The van der Waals surface area contributed by atoms with Crippen molar-refractivity contribution in [2.24, 2.45) is 7.05 Å². The van der Waals surface area contributed by atoms with E-state index >= 15 is 0 Å². The number of nitrogens with zero attached hydrogens (tertiary/aromatic N) is 3. The summed E-state index contributed by atoms with van der Waals surface area (Å²) >= 11 is 0. The maximum absolute atomic E-state index is 11.8. The van der Waals surface area contributed by atoms with Crippen LogP contribution in [0.4, 0.5) is 0 Å². The number of likely N-dealkylation sites (N-methyl/N-ethyl adjacent to an activating group) is 1. The Kier molecular flexibility index (Phi) is 3.93. The maximum atomic E-state index is 11.8. The van der Waals surface area contributed by atoms with E-state index in [0.29, 0.717) is 6.42 Å². The lowest BCUT2D eigenvalue weighted by Crippen LogP contribution is -2.51. The molecule has 1 rings (SSSR count). The van der Waals surface area contributed by atoms with Crippen LogP contribution >= 0.6 is 0 Å². The van der Waals surface area contributed by atoms with Gasteiger partial charge in [0.05, 0.1) is 10.4 Å². The zero-order valence-electron chi connectivity index (χ0n) is 10.9. The van der Waals surface area contributed by atoms with Crippen LogP contribution in [0.25, 0.3) is 0 Å². The largest absolute Gasteiger partial charge is 0.315 e. The van der Waals surface area contributed by atoms with E-state index in [1.54, 1.807) is 38.8 Å². The fourth-order valence-corrected chi connectivity index (χ4v) is 2.37. The highest BCUT2D eigenvalue weighted by Gasteiger charge is 2.38. The summed E-state index contributed by atoms with van der Waals surface area (Å²) in [6.07, 6.45) is 3.58. The zero-order chi connectivity index (χ0) is 13.3. The van der Waals surface area contributed by atoms with Crippen molar-refractivity contribution in [3.8, 4) is 0 Å². The molecule has 0 aromatic carbocycles. The lowest BCUT2D eigenvalue weighted by Gasteiger charge is -2.31. The second kappa shape index (κ2) is 4.73. The molecular weight excluding hydrogens is 240 g/mol. The Morgan fingerprint density at radius 2 is 2.12 bits per heavy atom. The first-order valence-corrected chi connectivity index (χ1v) is 7.29. The summed E-state index contributed by atoms with van der Waals surface area (Å²) < 4.78 is 24.3. The van der Waals surface area contributed by atoms with Gasteiger partial charge in [-0.3, -0.25) is 4.68 Å². The Morgan fingerprint density at radius 3 is 2.47 bits per heavy atom. The highest BCUT2D eigenvalue weighted by molar-refractivity contribution is 7.92. The summed E-state index contributed by atoms with van der Waals surface area (Å²) in [6.45, 7) is 3.44. The van der Waals surface area contributed by atoms with Gasteiger partial charge >= 0.3 is 0 Å². The second-order valence-corrected chi connectivity index (χ2v) is 7.40. The first-order valence-electron chi connectivity index (χ1n) is 5.40. The van der Waals surface area contributed by atoms with Gasteiger partial charge in [0.1, 0.15) is 0 Å². The lowest BCUT2D eigenvalue weighted by atomic mass is 9.99. The fourth-order valence-electron chi connectivity index (χ4n) is 1.65. The Morgan fingerprint density at radius 1 is 1.53 bits per heavy atom. The minimum Gasteiger partial charge on any atom is -0.315 e. The van der Waals surface area contributed by atoms with Crippen molar-refractivity contribution < 1.29 is 8.42 Å². The minimum absolute atomic E-state index is 0.200. The van der Waals surface area contributed by atoms with Crippen molar-refractivity contribution in [3.05, 3.63) is 11.9 Å². The predicted molar refractivity (Wildman–Crippen MR) is 66.5 cm³/mol. The van der Waals surface area contributed by atoms with Crippen LogP contribution in [0, 0.1) is 0 Å². The van der Waals surface area contributed by atoms with E-state index < -0.39 is 14.6 Å². The fraction of sp³-hybridized carbons (Fsp3) is 0.800. The Bertz CT molecular complexity index is 478. The first kappa shape index (κ1) is 14.1. The quantitative estimate of drug-likeness (QED) is 0.791. The van der Waals surface area contributed by atoms with Crippen molar-refractivity contribution in [2.45, 2.75) is 31.1 Å². The molecule has 1 atom stereocenters. The molecule has 1 aromatic rings. The van der Waals surface area contributed by atoms with E-state index in [9.17, 15) is 8.42 Å². The van der Waals surface area contributed by atoms with Gasteiger partial charge in [-0.2, -0.15) is 0 Å². The van der Waals surface area contributed by atoms with Crippen molar-refractivity contribution in [1.29, 1.82) is 0 Å². The number of sulfone groups is 1. The number of rotatable bonds is 5. The van der Waals surface area contributed by atoms with Gasteiger partial charge in [-0.1, -0.05) is 5.21 Å². The monoisotopic (exact) mass is 260 g/mol. The van der Waals surface area contributed by atoms with Gasteiger partial charge in [0.25, 0.3) is 0 Å². The normalized spacial score (nSPS) is 14.9. The molecule has 1 unspecified atom stereocenters. The summed E-state index contributed by atoms with van der Waals surface area (Å²) in [6, 6.07) is -0.200. The minimum atomic E-state index is -3.14. The van der Waals surface area contributed by atoms with Crippen LogP contribution in [-0.2, 0) is 23.3 Å². The molecule has 1 aromatic heterocycles. The SMILES string of the molecule is CNC(Cc1cn(C)nn1)C(C)(C)S(C)(=O)=O. The summed E-state index contributed by atoms with van der Waals surface area (Å²) in [7, 11) is 0.398. The van der Waals surface area contributed by atoms with Crippen molar-refractivity contribution in [2.75, 3.05) is 13.3 Å². The molecule has 0 radical (unpaired) electrons. The molecule has 98 valence electrons. The van der Waals surface area contributed by atoms with Crippen LogP contribution in [-0.4, -0.2) is 47.5 Å². The lowest BCUT2D eigenvalue weighted by molar-refractivity contribution is 0.428. The average Bonchev–Trinajstić information content (AvgIpc) is 2.58. The Balaban J connectivity index is 2.93. The van der Waals surface area contributed by atoms with Crippen molar-refractivity contribution >= 4 is 9.84 Å². The highest BCUT2D eigenvalue weighted by atomic mass is 32.2. The van der Waals surface area contributed by atoms with Gasteiger partial charge in [-0.15, -0.1) is 5.10 Å². The molecular formula is C10H20N4O2S. The van der Waals surface area contributed by atoms with Crippen LogP contribution in [0.1, 0.15) is 19.5 Å². The van der Waals surface area contributed by atoms with Crippen molar-refractivity contribution in [1.82, 2.24) is 20.3 Å². The molecule has 6 nitrogen and oxygen atoms in total. The molecule has 0 amide bonds. The van der Waals surface area contributed by atoms with Crippen LogP contribution < -0.4 is 5.32 Å². The average molecular weight is 260 g/mol. The van der Waals surface area contributed by atoms with Gasteiger partial charge < -0.3 is 5.32 Å². The third-order valence-corrected chi connectivity index (χ3v) is 5.40. The topological polar surface area (TPSA) is 76.9 Å². The summed E-state index contributed by atoms with van der Waals surface area (Å²) in [5.41, 5.74) is 0.781. The number of nitrogens with one attached hydrogen (secondary N) is 1. The van der Waals surface area contributed by atoms with Crippen LogP contribution in [0.5, 0.6) is 0 Å².